The highest BCUT2D eigenvalue weighted by atomic mass is 16.6. The number of anilines is 1. The van der Waals surface area contributed by atoms with E-state index in [0.717, 1.165) is 86.6 Å². The number of phenolic OH excluding ortho intramolecular Hbond substituents is 1. The number of rotatable bonds is 21. The van der Waals surface area contributed by atoms with Gasteiger partial charge in [0.1, 0.15) is 11.6 Å². The largest absolute Gasteiger partial charge is 0.504 e. The number of carbonyl (C=O) groups excluding carboxylic acids is 2. The number of piperidine rings is 1. The molecular weight excluding hydrogens is 725 g/mol. The van der Waals surface area contributed by atoms with Gasteiger partial charge in [0.05, 0.1) is 6.42 Å². The molecule has 1 aliphatic carbocycles. The van der Waals surface area contributed by atoms with E-state index in [9.17, 15) is 19.8 Å². The molecule has 1 aliphatic heterocycles. The molecule has 6 N–H and O–H groups in total. The summed E-state index contributed by atoms with van der Waals surface area (Å²) in [5.74, 6) is 2.36. The van der Waals surface area contributed by atoms with Crippen molar-refractivity contribution in [2.75, 3.05) is 32.7 Å². The van der Waals surface area contributed by atoms with Crippen molar-refractivity contribution in [3.05, 3.63) is 124 Å². The van der Waals surface area contributed by atoms with Gasteiger partial charge in [-0.1, -0.05) is 73.5 Å². The maximum Gasteiger partial charge on any atom is 0.186 e. The van der Waals surface area contributed by atoms with E-state index in [2.05, 4.69) is 71.2 Å². The van der Waals surface area contributed by atoms with Crippen LogP contribution in [0.1, 0.15) is 96.7 Å². The van der Waals surface area contributed by atoms with Crippen molar-refractivity contribution in [3.63, 3.8) is 0 Å². The van der Waals surface area contributed by atoms with Crippen LogP contribution in [0, 0.1) is 17.8 Å². The number of aliphatic hydroxyl groups is 1. The molecule has 0 bridgehead atoms. The van der Waals surface area contributed by atoms with Crippen LogP contribution in [0.4, 0.5) is 5.82 Å². The number of aliphatic hydroxyl groups excluding tert-OH is 1. The van der Waals surface area contributed by atoms with Gasteiger partial charge in [0, 0.05) is 18.7 Å². The summed E-state index contributed by atoms with van der Waals surface area (Å²) in [5.41, 5.74) is 13.4. The number of aromatic hydroxyl groups is 1. The Hall–Kier alpha value is -4.83. The first-order chi connectivity index (χ1) is 28.3. The lowest BCUT2D eigenvalue weighted by molar-refractivity contribution is -0.124. The summed E-state index contributed by atoms with van der Waals surface area (Å²) in [5, 5.41) is 27.4. The normalized spacial score (nSPS) is 19.2. The maximum atomic E-state index is 13.1. The van der Waals surface area contributed by atoms with Crippen LogP contribution in [-0.4, -0.2) is 59.7 Å². The summed E-state index contributed by atoms with van der Waals surface area (Å²) < 4.78 is 5.27. The summed E-state index contributed by atoms with van der Waals surface area (Å²) in [4.78, 5) is 30.3. The standard InChI is InChI=1S/C49H62N4O5/c1-51-46-22-20-39-31-52-24-23-44(39)45(46)14-7-3-6-13-42(55)30-43(56)21-19-37-28-48(58-33-54)47(57)27-40(37)26-41-32-53-49(50)29-38(41)18-17-36-12-8-11-35(25-36)16-15-34-9-4-2-5-10-34/h2,4-5,8-12,19,21,25,27-29,32,39,44-46,51-52,54,57H,3,6-7,13-18,20,22-24,26,30-31,33H2,1H3,(H2,50,53)/t39-,44-,45+,46-/m0/s1. The summed E-state index contributed by atoms with van der Waals surface area (Å²) in [6, 6.07) is 24.9. The third-order valence-corrected chi connectivity index (χ3v) is 12.4. The van der Waals surface area contributed by atoms with Crippen molar-refractivity contribution < 1.29 is 24.5 Å². The maximum absolute atomic E-state index is 13.1. The van der Waals surface area contributed by atoms with Gasteiger partial charge in [0.25, 0.3) is 0 Å². The molecule has 0 unspecified atom stereocenters. The number of ketones is 2. The van der Waals surface area contributed by atoms with Crippen LogP contribution in [0.5, 0.6) is 11.5 Å². The van der Waals surface area contributed by atoms with Gasteiger partial charge in [0.15, 0.2) is 24.1 Å². The minimum atomic E-state index is -0.613. The Morgan fingerprint density at radius 3 is 2.47 bits per heavy atom. The van der Waals surface area contributed by atoms with Crippen LogP contribution in [-0.2, 0) is 41.7 Å². The van der Waals surface area contributed by atoms with Gasteiger partial charge < -0.3 is 31.3 Å². The number of hydrogen-bond acceptors (Lipinski definition) is 9. The molecule has 3 aromatic carbocycles. The molecule has 1 aromatic heterocycles. The Bertz CT molecular complexity index is 1980. The van der Waals surface area contributed by atoms with Crippen molar-refractivity contribution in [1.82, 2.24) is 15.6 Å². The van der Waals surface area contributed by atoms with E-state index in [1.807, 2.05) is 12.1 Å². The first-order valence-electron chi connectivity index (χ1n) is 21.3. The fourth-order valence-corrected chi connectivity index (χ4v) is 9.32. The fourth-order valence-electron chi connectivity index (χ4n) is 9.32. The average molecular weight is 787 g/mol. The SMILES string of the molecule is CN[C@H]1CC[C@H]2CNCC[C@@H]2[C@H]1CCCCCC(=O)CC(=O)C=Cc1cc(OCO)c(O)cc1Cc1cnc(N)cc1CCc1cccc(CCc2ccccc2)c1. The third kappa shape index (κ3) is 12.3. The number of pyridine rings is 1. The van der Waals surface area contributed by atoms with Crippen LogP contribution >= 0.6 is 0 Å². The number of fused-ring (bicyclic) bond motifs is 1. The molecule has 1 saturated heterocycles. The molecule has 1 saturated carbocycles. The molecule has 308 valence electrons. The molecule has 2 fully saturated rings. The molecule has 6 rings (SSSR count). The number of nitrogens with one attached hydrogen (secondary N) is 2. The molecule has 9 nitrogen and oxygen atoms in total. The highest BCUT2D eigenvalue weighted by molar-refractivity contribution is 6.06. The van der Waals surface area contributed by atoms with E-state index < -0.39 is 6.79 Å². The summed E-state index contributed by atoms with van der Waals surface area (Å²) in [6.45, 7) is 1.65. The van der Waals surface area contributed by atoms with Crippen molar-refractivity contribution in [2.24, 2.45) is 17.8 Å². The quantitative estimate of drug-likeness (QED) is 0.0250. The minimum Gasteiger partial charge on any atom is -0.504 e. The number of aryl methyl sites for hydroxylation is 4. The minimum absolute atomic E-state index is 0.0478. The number of nitrogens with zero attached hydrogens (tertiary/aromatic N) is 1. The van der Waals surface area contributed by atoms with Crippen LogP contribution in [0.25, 0.3) is 6.08 Å². The summed E-state index contributed by atoms with van der Waals surface area (Å²) in [6.07, 6.45) is 16.9. The first-order valence-corrected chi connectivity index (χ1v) is 21.3. The van der Waals surface area contributed by atoms with Gasteiger partial charge in [-0.3, -0.25) is 9.59 Å². The third-order valence-electron chi connectivity index (χ3n) is 12.4. The van der Waals surface area contributed by atoms with E-state index in [1.54, 1.807) is 24.4 Å². The summed E-state index contributed by atoms with van der Waals surface area (Å²) in [7, 11) is 2.09. The first kappa shape index (κ1) is 42.8. The van der Waals surface area contributed by atoms with E-state index in [1.165, 1.54) is 48.4 Å². The van der Waals surface area contributed by atoms with Crippen LogP contribution in [0.2, 0.25) is 0 Å². The monoisotopic (exact) mass is 786 g/mol. The number of hydrogen-bond donors (Lipinski definition) is 5. The molecular formula is C49H62N4O5. The Morgan fingerprint density at radius 2 is 1.67 bits per heavy atom. The Balaban J connectivity index is 1.04. The van der Waals surface area contributed by atoms with Crippen molar-refractivity contribution >= 4 is 23.5 Å². The smallest absolute Gasteiger partial charge is 0.186 e. The zero-order valence-corrected chi connectivity index (χ0v) is 34.1. The second-order valence-corrected chi connectivity index (χ2v) is 16.3. The number of Topliss-reactive ketones (excluding diaryl/α,β-unsaturated/α-hetero) is 1. The van der Waals surface area contributed by atoms with Gasteiger partial charge in [-0.25, -0.2) is 4.98 Å². The predicted molar refractivity (Wildman–Crippen MR) is 232 cm³/mol. The van der Waals surface area contributed by atoms with E-state index in [0.29, 0.717) is 36.2 Å². The van der Waals surface area contributed by atoms with Gasteiger partial charge in [-0.05, 0) is 165 Å². The van der Waals surface area contributed by atoms with Gasteiger partial charge >= 0.3 is 0 Å². The molecule has 58 heavy (non-hydrogen) atoms. The lowest BCUT2D eigenvalue weighted by atomic mass is 9.65. The average Bonchev–Trinajstić information content (AvgIpc) is 3.23. The summed E-state index contributed by atoms with van der Waals surface area (Å²) >= 11 is 0. The Kier molecular flexibility index (Phi) is 16.1. The Morgan fingerprint density at radius 1 is 0.897 bits per heavy atom. The van der Waals surface area contributed by atoms with Crippen LogP contribution in [0.15, 0.2) is 85.1 Å². The van der Waals surface area contributed by atoms with E-state index in [-0.39, 0.29) is 29.5 Å². The second kappa shape index (κ2) is 21.8. The van der Waals surface area contributed by atoms with Crippen molar-refractivity contribution in [1.29, 1.82) is 0 Å². The zero-order chi connectivity index (χ0) is 40.7. The number of benzene rings is 3. The zero-order valence-electron chi connectivity index (χ0n) is 34.1. The number of aromatic nitrogens is 1. The number of allylic oxidation sites excluding steroid dienone is 1. The number of carbonyl (C=O) groups is 2. The molecule has 4 atom stereocenters. The highest BCUT2D eigenvalue weighted by Gasteiger charge is 2.39. The second-order valence-electron chi connectivity index (χ2n) is 16.3. The lowest BCUT2D eigenvalue weighted by Gasteiger charge is -2.46. The lowest BCUT2D eigenvalue weighted by Crippen LogP contribution is -2.50. The van der Waals surface area contributed by atoms with Gasteiger partial charge in [-0.15, -0.1) is 0 Å². The molecule has 0 amide bonds. The van der Waals surface area contributed by atoms with Gasteiger partial charge in [-0.2, -0.15) is 0 Å². The number of phenols is 1. The van der Waals surface area contributed by atoms with E-state index in [4.69, 9.17) is 10.5 Å². The molecule has 0 radical (unpaired) electrons. The highest BCUT2D eigenvalue weighted by Crippen LogP contribution is 2.41. The molecule has 2 heterocycles. The van der Waals surface area contributed by atoms with Crippen molar-refractivity contribution in [3.8, 4) is 11.5 Å². The number of nitrogen functional groups attached to an aromatic ring is 1. The predicted octanol–water partition coefficient (Wildman–Crippen LogP) is 7.57. The molecule has 0 spiro atoms. The fraction of sp³-hybridized carbons (Fsp3) is 0.449. The number of unbranched alkanes of at least 4 members (excludes halogenated alkanes) is 2. The number of nitrogens with two attached hydrogens (primary N) is 1. The molecule has 4 aromatic rings. The van der Waals surface area contributed by atoms with Crippen LogP contribution in [0.3, 0.4) is 0 Å². The molecule has 2 aliphatic rings. The van der Waals surface area contributed by atoms with Crippen LogP contribution < -0.4 is 21.1 Å². The van der Waals surface area contributed by atoms with Gasteiger partial charge in [0.2, 0.25) is 0 Å². The Labute approximate surface area is 344 Å². The van der Waals surface area contributed by atoms with E-state index >= 15 is 0 Å². The number of ether oxygens (including phenoxy) is 1. The van der Waals surface area contributed by atoms with Crippen molar-refractivity contribution in [2.45, 2.75) is 95.9 Å². The topological polar surface area (TPSA) is 147 Å². The molecule has 9 heteroatoms.